The lowest BCUT2D eigenvalue weighted by molar-refractivity contribution is 0.181. The van der Waals surface area contributed by atoms with E-state index in [0.717, 1.165) is 28.8 Å². The van der Waals surface area contributed by atoms with Crippen LogP contribution in [0, 0.1) is 6.92 Å². The molecule has 100 valence electrons. The number of ether oxygens (including phenoxy) is 1. The average Bonchev–Trinajstić information content (AvgIpc) is 2.87. The highest BCUT2D eigenvalue weighted by atomic mass is 16.5. The second kappa shape index (κ2) is 5.17. The minimum atomic E-state index is 0.262. The van der Waals surface area contributed by atoms with Crippen molar-refractivity contribution in [2.45, 2.75) is 38.3 Å². The minimum absolute atomic E-state index is 0.262. The van der Waals surface area contributed by atoms with E-state index in [0.29, 0.717) is 6.04 Å². The number of nitrogens with zero attached hydrogens (tertiary/aromatic N) is 1. The summed E-state index contributed by atoms with van der Waals surface area (Å²) >= 11 is 0. The third-order valence-corrected chi connectivity index (χ3v) is 3.92. The van der Waals surface area contributed by atoms with Gasteiger partial charge in [-0.25, -0.2) is 4.98 Å². The Morgan fingerprint density at radius 1 is 1.21 bits per heavy atom. The molecule has 1 heterocycles. The van der Waals surface area contributed by atoms with Crippen molar-refractivity contribution in [1.29, 1.82) is 0 Å². The second-order valence-electron chi connectivity index (χ2n) is 5.26. The monoisotopic (exact) mass is 256 g/mol. The molecule has 19 heavy (non-hydrogen) atoms. The first-order valence-electron chi connectivity index (χ1n) is 6.98. The van der Waals surface area contributed by atoms with Crippen LogP contribution in [0.2, 0.25) is 0 Å². The van der Waals surface area contributed by atoms with Crippen LogP contribution < -0.4 is 10.1 Å². The number of rotatable bonds is 3. The fourth-order valence-corrected chi connectivity index (χ4v) is 2.87. The number of benzene rings is 1. The average molecular weight is 256 g/mol. The molecular formula is C16H20N2O. The van der Waals surface area contributed by atoms with E-state index in [9.17, 15) is 0 Å². The Kier molecular flexibility index (Phi) is 3.38. The normalized spacial score (nSPS) is 22.8. The van der Waals surface area contributed by atoms with Gasteiger partial charge in [-0.3, -0.25) is 0 Å². The molecular weight excluding hydrogens is 236 g/mol. The van der Waals surface area contributed by atoms with Crippen LogP contribution >= 0.6 is 0 Å². The van der Waals surface area contributed by atoms with Crippen molar-refractivity contribution in [3.8, 4) is 5.75 Å². The van der Waals surface area contributed by atoms with Gasteiger partial charge in [0.15, 0.2) is 0 Å². The van der Waals surface area contributed by atoms with E-state index in [1.54, 1.807) is 0 Å². The number of hydrogen-bond acceptors (Lipinski definition) is 3. The molecule has 2 unspecified atom stereocenters. The summed E-state index contributed by atoms with van der Waals surface area (Å²) in [5.41, 5.74) is 2.00. The zero-order valence-corrected chi connectivity index (χ0v) is 11.5. The van der Waals surface area contributed by atoms with Crippen LogP contribution in [0.3, 0.4) is 0 Å². The van der Waals surface area contributed by atoms with Crippen LogP contribution in [0.25, 0.3) is 10.9 Å². The van der Waals surface area contributed by atoms with E-state index in [2.05, 4.69) is 22.4 Å². The lowest BCUT2D eigenvalue weighted by Gasteiger charge is -2.21. The highest BCUT2D eigenvalue weighted by Crippen LogP contribution is 2.29. The lowest BCUT2D eigenvalue weighted by Crippen LogP contribution is -2.36. The summed E-state index contributed by atoms with van der Waals surface area (Å²) < 4.78 is 6.22. The van der Waals surface area contributed by atoms with Crippen molar-refractivity contribution in [1.82, 2.24) is 10.3 Å². The van der Waals surface area contributed by atoms with Crippen LogP contribution in [0.5, 0.6) is 5.75 Å². The summed E-state index contributed by atoms with van der Waals surface area (Å²) in [7, 11) is 2.01. The highest BCUT2D eigenvalue weighted by molar-refractivity contribution is 5.84. The number of aryl methyl sites for hydroxylation is 1. The van der Waals surface area contributed by atoms with E-state index in [1.807, 2.05) is 32.2 Å². The molecule has 0 spiro atoms. The smallest absolute Gasteiger partial charge is 0.146 e. The SMILES string of the molecule is CNC1CCCC1Oc1cccc2ccc(C)nc12. The Morgan fingerprint density at radius 3 is 2.95 bits per heavy atom. The summed E-state index contributed by atoms with van der Waals surface area (Å²) in [5.74, 6) is 0.911. The van der Waals surface area contributed by atoms with Crippen LogP contribution in [-0.2, 0) is 0 Å². The minimum Gasteiger partial charge on any atom is -0.487 e. The summed E-state index contributed by atoms with van der Waals surface area (Å²) in [5, 5.41) is 4.49. The zero-order chi connectivity index (χ0) is 13.2. The van der Waals surface area contributed by atoms with Gasteiger partial charge in [-0.15, -0.1) is 0 Å². The van der Waals surface area contributed by atoms with E-state index < -0.39 is 0 Å². The maximum Gasteiger partial charge on any atom is 0.146 e. The van der Waals surface area contributed by atoms with Crippen molar-refractivity contribution >= 4 is 10.9 Å². The molecule has 1 saturated carbocycles. The van der Waals surface area contributed by atoms with Crippen LogP contribution in [0.4, 0.5) is 0 Å². The van der Waals surface area contributed by atoms with Gasteiger partial charge >= 0.3 is 0 Å². The van der Waals surface area contributed by atoms with Gasteiger partial charge in [0.2, 0.25) is 0 Å². The molecule has 1 aliphatic rings. The Labute approximate surface area is 114 Å². The van der Waals surface area contributed by atoms with Crippen molar-refractivity contribution in [2.24, 2.45) is 0 Å². The van der Waals surface area contributed by atoms with Gasteiger partial charge in [0, 0.05) is 17.1 Å². The van der Waals surface area contributed by atoms with Crippen molar-refractivity contribution in [2.75, 3.05) is 7.05 Å². The van der Waals surface area contributed by atoms with Gasteiger partial charge < -0.3 is 10.1 Å². The van der Waals surface area contributed by atoms with Crippen molar-refractivity contribution in [3.63, 3.8) is 0 Å². The largest absolute Gasteiger partial charge is 0.487 e. The topological polar surface area (TPSA) is 34.1 Å². The van der Waals surface area contributed by atoms with Crippen molar-refractivity contribution in [3.05, 3.63) is 36.0 Å². The van der Waals surface area contributed by atoms with E-state index in [-0.39, 0.29) is 6.10 Å². The van der Waals surface area contributed by atoms with Gasteiger partial charge in [-0.2, -0.15) is 0 Å². The number of likely N-dealkylation sites (N-methyl/N-ethyl adjacent to an activating group) is 1. The van der Waals surface area contributed by atoms with Crippen molar-refractivity contribution < 1.29 is 4.74 Å². The first-order valence-corrected chi connectivity index (χ1v) is 6.98. The van der Waals surface area contributed by atoms with Crippen LogP contribution in [-0.4, -0.2) is 24.2 Å². The summed E-state index contributed by atoms with van der Waals surface area (Å²) in [6.45, 7) is 2.02. The van der Waals surface area contributed by atoms with Crippen LogP contribution in [0.15, 0.2) is 30.3 Å². The molecule has 0 aliphatic heterocycles. The molecule has 2 atom stereocenters. The summed E-state index contributed by atoms with van der Waals surface area (Å²) in [6, 6.07) is 10.8. The fraction of sp³-hybridized carbons (Fsp3) is 0.438. The molecule has 0 radical (unpaired) electrons. The number of para-hydroxylation sites is 1. The van der Waals surface area contributed by atoms with Crippen LogP contribution in [0.1, 0.15) is 25.0 Å². The van der Waals surface area contributed by atoms with Gasteiger partial charge in [0.1, 0.15) is 17.4 Å². The Bertz CT molecular complexity index is 582. The third-order valence-electron chi connectivity index (χ3n) is 3.92. The summed E-state index contributed by atoms with van der Waals surface area (Å²) in [6.07, 6.45) is 3.80. The third kappa shape index (κ3) is 2.43. The predicted molar refractivity (Wildman–Crippen MR) is 77.6 cm³/mol. The van der Waals surface area contributed by atoms with Gasteiger partial charge in [0.05, 0.1) is 0 Å². The molecule has 3 nitrogen and oxygen atoms in total. The molecule has 0 amide bonds. The standard InChI is InChI=1S/C16H20N2O/c1-11-9-10-12-5-3-8-15(16(12)18-11)19-14-7-4-6-13(14)17-2/h3,5,8-10,13-14,17H,4,6-7H2,1-2H3. The predicted octanol–water partition coefficient (Wildman–Crippen LogP) is 3.06. The molecule has 0 bridgehead atoms. The first-order chi connectivity index (χ1) is 9.28. The van der Waals surface area contributed by atoms with E-state index in [4.69, 9.17) is 4.74 Å². The zero-order valence-electron chi connectivity index (χ0n) is 11.5. The molecule has 2 aromatic rings. The van der Waals surface area contributed by atoms with Gasteiger partial charge in [0.25, 0.3) is 0 Å². The number of nitrogens with one attached hydrogen (secondary N) is 1. The highest BCUT2D eigenvalue weighted by Gasteiger charge is 2.28. The molecule has 0 saturated heterocycles. The fourth-order valence-electron chi connectivity index (χ4n) is 2.87. The van der Waals surface area contributed by atoms with E-state index >= 15 is 0 Å². The molecule has 1 aromatic heterocycles. The first kappa shape index (κ1) is 12.4. The number of aromatic nitrogens is 1. The number of pyridine rings is 1. The Morgan fingerprint density at radius 2 is 2.11 bits per heavy atom. The van der Waals surface area contributed by atoms with Gasteiger partial charge in [-0.05, 0) is 45.4 Å². The Balaban J connectivity index is 1.94. The molecule has 1 N–H and O–H groups in total. The molecule has 3 rings (SSSR count). The Hall–Kier alpha value is -1.61. The maximum absolute atomic E-state index is 6.22. The molecule has 1 aliphatic carbocycles. The lowest BCUT2D eigenvalue weighted by atomic mass is 10.1. The maximum atomic E-state index is 6.22. The number of hydrogen-bond donors (Lipinski definition) is 1. The second-order valence-corrected chi connectivity index (χ2v) is 5.26. The summed E-state index contributed by atoms with van der Waals surface area (Å²) in [4.78, 5) is 4.62. The van der Waals surface area contributed by atoms with Gasteiger partial charge in [-0.1, -0.05) is 18.2 Å². The number of fused-ring (bicyclic) bond motifs is 1. The van der Waals surface area contributed by atoms with E-state index in [1.165, 1.54) is 12.8 Å². The quantitative estimate of drug-likeness (QED) is 0.916. The molecule has 3 heteroatoms. The molecule has 1 aromatic carbocycles. The molecule has 1 fully saturated rings.